The molecular weight excluding hydrogens is 192 g/mol. The van der Waals surface area contributed by atoms with Gasteiger partial charge in [0, 0.05) is 19.5 Å². The van der Waals surface area contributed by atoms with Crippen LogP contribution < -0.4 is 0 Å². The first-order valence-corrected chi connectivity index (χ1v) is 5.43. The van der Waals surface area contributed by atoms with Crippen molar-refractivity contribution in [3.05, 3.63) is 0 Å². The second-order valence-electron chi connectivity index (χ2n) is 4.35. The van der Waals surface area contributed by atoms with Crippen LogP contribution in [0, 0.1) is 16.7 Å². The third kappa shape index (κ3) is 3.88. The van der Waals surface area contributed by atoms with E-state index in [0.717, 1.165) is 25.9 Å². The summed E-state index contributed by atoms with van der Waals surface area (Å²) in [5.41, 5.74) is 0.184. The highest BCUT2D eigenvalue weighted by Gasteiger charge is 2.43. The molecule has 4 nitrogen and oxygen atoms in total. The minimum absolute atomic E-state index is 0.184. The van der Waals surface area contributed by atoms with Gasteiger partial charge in [-0.2, -0.15) is 5.26 Å². The lowest BCUT2D eigenvalue weighted by molar-refractivity contribution is -0.137. The Kier molecular flexibility index (Phi) is 4.10. The summed E-state index contributed by atoms with van der Waals surface area (Å²) >= 11 is 0. The summed E-state index contributed by atoms with van der Waals surface area (Å²) in [6, 6.07) is 2.22. The van der Waals surface area contributed by atoms with Gasteiger partial charge in [-0.3, -0.25) is 4.79 Å². The number of hydrogen-bond acceptors (Lipinski definition) is 3. The van der Waals surface area contributed by atoms with E-state index < -0.39 is 5.97 Å². The van der Waals surface area contributed by atoms with Crippen LogP contribution in [0.3, 0.4) is 0 Å². The van der Waals surface area contributed by atoms with Gasteiger partial charge in [-0.1, -0.05) is 6.92 Å². The van der Waals surface area contributed by atoms with Crippen molar-refractivity contribution in [2.24, 2.45) is 5.41 Å². The summed E-state index contributed by atoms with van der Waals surface area (Å²) in [5.74, 6) is -0.751. The molecule has 15 heavy (non-hydrogen) atoms. The van der Waals surface area contributed by atoms with Gasteiger partial charge in [0.25, 0.3) is 0 Å². The first kappa shape index (κ1) is 12.0. The zero-order valence-corrected chi connectivity index (χ0v) is 9.20. The molecule has 0 aromatic heterocycles. The number of rotatable bonds is 7. The molecule has 0 aliphatic heterocycles. The standard InChI is InChI=1S/C11H18N2O2/c1-2-13(8-3-10(14)15)9-11(4-5-11)6-7-12/h2-6,8-9H2,1H3,(H,14,15). The van der Waals surface area contributed by atoms with E-state index in [-0.39, 0.29) is 11.8 Å². The van der Waals surface area contributed by atoms with Crippen LogP contribution in [0.1, 0.15) is 32.6 Å². The van der Waals surface area contributed by atoms with Gasteiger partial charge in [0.2, 0.25) is 0 Å². The van der Waals surface area contributed by atoms with E-state index in [0.29, 0.717) is 13.0 Å². The molecular formula is C11H18N2O2. The second kappa shape index (κ2) is 5.13. The van der Waals surface area contributed by atoms with Gasteiger partial charge < -0.3 is 10.0 Å². The summed E-state index contributed by atoms with van der Waals surface area (Å²) in [6.07, 6.45) is 3.03. The summed E-state index contributed by atoms with van der Waals surface area (Å²) in [7, 11) is 0. The number of nitriles is 1. The number of nitrogens with zero attached hydrogens (tertiary/aromatic N) is 2. The number of carboxylic acid groups (broad SMARTS) is 1. The molecule has 1 saturated carbocycles. The summed E-state index contributed by atoms with van der Waals surface area (Å²) in [5, 5.41) is 17.3. The first-order chi connectivity index (χ1) is 7.12. The molecule has 0 spiro atoms. The number of hydrogen-bond donors (Lipinski definition) is 1. The van der Waals surface area contributed by atoms with Gasteiger partial charge in [0.15, 0.2) is 0 Å². The molecule has 1 aliphatic carbocycles. The third-order valence-corrected chi connectivity index (χ3v) is 3.06. The summed E-state index contributed by atoms with van der Waals surface area (Å²) in [4.78, 5) is 12.6. The average molecular weight is 210 g/mol. The first-order valence-electron chi connectivity index (χ1n) is 5.43. The van der Waals surface area contributed by atoms with Gasteiger partial charge in [-0.05, 0) is 24.8 Å². The Morgan fingerprint density at radius 2 is 2.27 bits per heavy atom. The van der Waals surface area contributed by atoms with Crippen molar-refractivity contribution in [3.63, 3.8) is 0 Å². The lowest BCUT2D eigenvalue weighted by Gasteiger charge is -2.24. The van der Waals surface area contributed by atoms with Crippen LogP contribution >= 0.6 is 0 Å². The summed E-state index contributed by atoms with van der Waals surface area (Å²) < 4.78 is 0. The summed E-state index contributed by atoms with van der Waals surface area (Å²) in [6.45, 7) is 4.37. The molecule has 1 fully saturated rings. The fourth-order valence-electron chi connectivity index (χ4n) is 1.81. The van der Waals surface area contributed by atoms with Crippen molar-refractivity contribution < 1.29 is 9.90 Å². The molecule has 0 heterocycles. The fraction of sp³-hybridized carbons (Fsp3) is 0.818. The normalized spacial score (nSPS) is 17.4. The molecule has 0 bridgehead atoms. The van der Waals surface area contributed by atoms with E-state index in [2.05, 4.69) is 11.0 Å². The Bertz CT molecular complexity index is 266. The Balaban J connectivity index is 2.33. The number of aliphatic carboxylic acids is 1. The molecule has 0 amide bonds. The van der Waals surface area contributed by atoms with E-state index in [4.69, 9.17) is 10.4 Å². The molecule has 0 saturated heterocycles. The topological polar surface area (TPSA) is 64.3 Å². The van der Waals surface area contributed by atoms with Gasteiger partial charge in [0.1, 0.15) is 0 Å². The maximum atomic E-state index is 10.4. The van der Waals surface area contributed by atoms with E-state index in [1.54, 1.807) is 0 Å². The highest BCUT2D eigenvalue weighted by molar-refractivity contribution is 5.66. The molecule has 4 heteroatoms. The van der Waals surface area contributed by atoms with Crippen LogP contribution in [-0.2, 0) is 4.79 Å². The Labute approximate surface area is 90.5 Å². The van der Waals surface area contributed by atoms with Crippen LogP contribution in [0.4, 0.5) is 0 Å². The molecule has 0 aromatic carbocycles. The highest BCUT2D eigenvalue weighted by atomic mass is 16.4. The molecule has 1 N–H and O–H groups in total. The largest absolute Gasteiger partial charge is 0.481 e. The predicted octanol–water partition coefficient (Wildman–Crippen LogP) is 1.48. The van der Waals surface area contributed by atoms with Crippen LogP contribution in [0.2, 0.25) is 0 Å². The highest BCUT2D eigenvalue weighted by Crippen LogP contribution is 2.49. The zero-order valence-electron chi connectivity index (χ0n) is 9.20. The number of carboxylic acids is 1. The van der Waals surface area contributed by atoms with Gasteiger partial charge >= 0.3 is 5.97 Å². The number of carbonyl (C=O) groups is 1. The smallest absolute Gasteiger partial charge is 0.304 e. The van der Waals surface area contributed by atoms with Crippen molar-refractivity contribution in [2.75, 3.05) is 19.6 Å². The molecule has 0 unspecified atom stereocenters. The van der Waals surface area contributed by atoms with Crippen LogP contribution in [-0.4, -0.2) is 35.6 Å². The van der Waals surface area contributed by atoms with E-state index in [9.17, 15) is 4.79 Å². The molecule has 0 aromatic rings. The van der Waals surface area contributed by atoms with Crippen molar-refractivity contribution in [2.45, 2.75) is 32.6 Å². The molecule has 0 atom stereocenters. The van der Waals surface area contributed by atoms with Crippen molar-refractivity contribution >= 4 is 5.97 Å². The van der Waals surface area contributed by atoms with Crippen molar-refractivity contribution in [1.82, 2.24) is 4.90 Å². The second-order valence-corrected chi connectivity index (χ2v) is 4.35. The van der Waals surface area contributed by atoms with Crippen LogP contribution in [0.5, 0.6) is 0 Å². The maximum absolute atomic E-state index is 10.4. The van der Waals surface area contributed by atoms with E-state index >= 15 is 0 Å². The quantitative estimate of drug-likeness (QED) is 0.691. The van der Waals surface area contributed by atoms with Crippen LogP contribution in [0.25, 0.3) is 0 Å². The Hall–Kier alpha value is -1.08. The van der Waals surface area contributed by atoms with E-state index in [1.165, 1.54) is 0 Å². The van der Waals surface area contributed by atoms with E-state index in [1.807, 2.05) is 6.92 Å². The van der Waals surface area contributed by atoms with Gasteiger partial charge in [0.05, 0.1) is 12.5 Å². The molecule has 84 valence electrons. The Morgan fingerprint density at radius 3 is 2.67 bits per heavy atom. The molecule has 1 rings (SSSR count). The molecule has 1 aliphatic rings. The minimum Gasteiger partial charge on any atom is -0.481 e. The van der Waals surface area contributed by atoms with Gasteiger partial charge in [-0.25, -0.2) is 0 Å². The Morgan fingerprint density at radius 1 is 1.60 bits per heavy atom. The average Bonchev–Trinajstić information content (AvgIpc) is 2.93. The molecule has 0 radical (unpaired) electrons. The minimum atomic E-state index is -0.751. The maximum Gasteiger partial charge on any atom is 0.304 e. The SMILES string of the molecule is CCN(CCC(=O)O)CC1(CC#N)CC1. The zero-order chi connectivity index (χ0) is 11.3. The monoisotopic (exact) mass is 210 g/mol. The van der Waals surface area contributed by atoms with Crippen molar-refractivity contribution in [3.8, 4) is 6.07 Å². The van der Waals surface area contributed by atoms with Crippen molar-refractivity contribution in [1.29, 1.82) is 5.26 Å². The van der Waals surface area contributed by atoms with Crippen LogP contribution in [0.15, 0.2) is 0 Å². The predicted molar refractivity (Wildman–Crippen MR) is 56.3 cm³/mol. The fourth-order valence-corrected chi connectivity index (χ4v) is 1.81. The lowest BCUT2D eigenvalue weighted by atomic mass is 10.0. The van der Waals surface area contributed by atoms with Gasteiger partial charge in [-0.15, -0.1) is 0 Å². The lowest BCUT2D eigenvalue weighted by Crippen LogP contribution is -2.32. The third-order valence-electron chi connectivity index (χ3n) is 3.06.